The third-order valence-electron chi connectivity index (χ3n) is 2.94. The number of hydrogen-bond donors (Lipinski definition) is 1. The van der Waals surface area contributed by atoms with Gasteiger partial charge in [-0.2, -0.15) is 12.6 Å². The Bertz CT molecular complexity index is 140. The Kier molecular flexibility index (Phi) is 5.90. The highest BCUT2D eigenvalue weighted by Crippen LogP contribution is 2.14. The molecule has 0 spiro atoms. The second kappa shape index (κ2) is 6.70. The van der Waals surface area contributed by atoms with E-state index in [1.807, 2.05) is 0 Å². The topological polar surface area (TPSA) is 12.5 Å². The Morgan fingerprint density at radius 2 is 2.36 bits per heavy atom. The van der Waals surface area contributed by atoms with Crippen molar-refractivity contribution in [1.29, 1.82) is 0 Å². The molecule has 1 aliphatic heterocycles. The highest BCUT2D eigenvalue weighted by Gasteiger charge is 2.18. The second-order valence-electron chi connectivity index (χ2n) is 4.31. The molecule has 1 fully saturated rings. The minimum Gasteiger partial charge on any atom is -0.377 e. The van der Waals surface area contributed by atoms with E-state index in [1.54, 1.807) is 0 Å². The molecular weight excluding hydrogens is 194 g/mol. The monoisotopic (exact) mass is 217 g/mol. The molecule has 0 aromatic heterocycles. The summed E-state index contributed by atoms with van der Waals surface area (Å²) in [5, 5.41) is 0. The van der Waals surface area contributed by atoms with E-state index in [1.165, 1.54) is 19.3 Å². The molecule has 0 saturated carbocycles. The first-order valence-electron chi connectivity index (χ1n) is 5.67. The highest BCUT2D eigenvalue weighted by atomic mass is 32.1. The van der Waals surface area contributed by atoms with Gasteiger partial charge in [-0.3, -0.25) is 0 Å². The molecule has 84 valence electrons. The van der Waals surface area contributed by atoms with Gasteiger partial charge in [0.15, 0.2) is 0 Å². The van der Waals surface area contributed by atoms with Crippen molar-refractivity contribution in [2.24, 2.45) is 5.92 Å². The molecule has 1 saturated heterocycles. The molecule has 0 amide bonds. The van der Waals surface area contributed by atoms with Crippen molar-refractivity contribution in [3.05, 3.63) is 0 Å². The molecule has 2 atom stereocenters. The van der Waals surface area contributed by atoms with Gasteiger partial charge in [-0.25, -0.2) is 0 Å². The standard InChI is InChI=1S/C11H23NOS/c1-3-10(9-14)7-12(2)8-11-5-4-6-13-11/h10-11,14H,3-9H2,1-2H3. The lowest BCUT2D eigenvalue weighted by atomic mass is 10.1. The Morgan fingerprint density at radius 1 is 1.57 bits per heavy atom. The molecule has 0 aromatic rings. The zero-order chi connectivity index (χ0) is 10.4. The zero-order valence-electron chi connectivity index (χ0n) is 9.41. The van der Waals surface area contributed by atoms with Gasteiger partial charge in [-0.05, 0) is 31.6 Å². The summed E-state index contributed by atoms with van der Waals surface area (Å²) < 4.78 is 5.61. The van der Waals surface area contributed by atoms with E-state index in [0.717, 1.165) is 31.4 Å². The lowest BCUT2D eigenvalue weighted by molar-refractivity contribution is 0.0774. The van der Waals surface area contributed by atoms with E-state index in [9.17, 15) is 0 Å². The van der Waals surface area contributed by atoms with Crippen LogP contribution in [0.3, 0.4) is 0 Å². The van der Waals surface area contributed by atoms with Gasteiger partial charge in [-0.15, -0.1) is 0 Å². The van der Waals surface area contributed by atoms with Crippen molar-refractivity contribution >= 4 is 12.6 Å². The summed E-state index contributed by atoms with van der Waals surface area (Å²) in [5.41, 5.74) is 0. The minimum absolute atomic E-state index is 0.484. The first-order valence-corrected chi connectivity index (χ1v) is 6.30. The van der Waals surface area contributed by atoms with Crippen LogP contribution in [0, 0.1) is 5.92 Å². The van der Waals surface area contributed by atoms with Crippen LogP contribution in [0.1, 0.15) is 26.2 Å². The normalized spacial score (nSPS) is 24.4. The first kappa shape index (κ1) is 12.3. The second-order valence-corrected chi connectivity index (χ2v) is 4.68. The number of thiol groups is 1. The smallest absolute Gasteiger partial charge is 0.0702 e. The van der Waals surface area contributed by atoms with E-state index in [0.29, 0.717) is 6.10 Å². The molecule has 0 radical (unpaired) electrons. The van der Waals surface area contributed by atoms with E-state index < -0.39 is 0 Å². The third kappa shape index (κ3) is 4.20. The lowest BCUT2D eigenvalue weighted by Gasteiger charge is -2.24. The van der Waals surface area contributed by atoms with Crippen LogP contribution in [0.15, 0.2) is 0 Å². The minimum atomic E-state index is 0.484. The molecule has 2 unspecified atom stereocenters. The average Bonchev–Trinajstić information content (AvgIpc) is 2.66. The van der Waals surface area contributed by atoms with Crippen LogP contribution in [0.2, 0.25) is 0 Å². The number of likely N-dealkylation sites (N-methyl/N-ethyl adjacent to an activating group) is 1. The van der Waals surface area contributed by atoms with E-state index in [4.69, 9.17) is 4.74 Å². The van der Waals surface area contributed by atoms with Crippen molar-refractivity contribution < 1.29 is 4.74 Å². The number of nitrogens with zero attached hydrogens (tertiary/aromatic N) is 1. The average molecular weight is 217 g/mol. The molecule has 1 aliphatic rings. The molecular formula is C11H23NOS. The summed E-state index contributed by atoms with van der Waals surface area (Å²) >= 11 is 4.36. The van der Waals surface area contributed by atoms with Gasteiger partial charge >= 0.3 is 0 Å². The largest absolute Gasteiger partial charge is 0.377 e. The third-order valence-corrected chi connectivity index (χ3v) is 3.46. The van der Waals surface area contributed by atoms with Crippen LogP contribution >= 0.6 is 12.6 Å². The number of hydrogen-bond acceptors (Lipinski definition) is 3. The summed E-state index contributed by atoms with van der Waals surface area (Å²) in [6, 6.07) is 0. The van der Waals surface area contributed by atoms with Crippen LogP contribution in [-0.4, -0.2) is 43.5 Å². The van der Waals surface area contributed by atoms with Gasteiger partial charge in [0.2, 0.25) is 0 Å². The van der Waals surface area contributed by atoms with Crippen molar-refractivity contribution in [2.75, 3.05) is 32.5 Å². The SMILES string of the molecule is CCC(CS)CN(C)CC1CCCO1. The number of rotatable bonds is 6. The maximum absolute atomic E-state index is 5.61. The Morgan fingerprint density at radius 3 is 2.86 bits per heavy atom. The summed E-state index contributed by atoms with van der Waals surface area (Å²) in [5.74, 6) is 1.72. The molecule has 14 heavy (non-hydrogen) atoms. The van der Waals surface area contributed by atoms with Gasteiger partial charge in [0.25, 0.3) is 0 Å². The summed E-state index contributed by atoms with van der Waals surface area (Å²) in [6.07, 6.45) is 4.18. The molecule has 3 heteroatoms. The molecule has 0 bridgehead atoms. The summed E-state index contributed by atoms with van der Waals surface area (Å²) in [4.78, 5) is 2.39. The fraction of sp³-hybridized carbons (Fsp3) is 1.00. The predicted octanol–water partition coefficient (Wildman–Crippen LogP) is 2.05. The molecule has 1 heterocycles. The van der Waals surface area contributed by atoms with E-state index >= 15 is 0 Å². The Hall–Kier alpha value is 0.270. The number of ether oxygens (including phenoxy) is 1. The maximum Gasteiger partial charge on any atom is 0.0702 e. The van der Waals surface area contributed by atoms with Gasteiger partial charge in [0.05, 0.1) is 6.10 Å². The zero-order valence-corrected chi connectivity index (χ0v) is 10.3. The van der Waals surface area contributed by atoms with E-state index in [2.05, 4.69) is 31.5 Å². The highest BCUT2D eigenvalue weighted by molar-refractivity contribution is 7.80. The van der Waals surface area contributed by atoms with Crippen LogP contribution in [0.4, 0.5) is 0 Å². The fourth-order valence-electron chi connectivity index (χ4n) is 1.97. The van der Waals surface area contributed by atoms with E-state index in [-0.39, 0.29) is 0 Å². The maximum atomic E-state index is 5.61. The van der Waals surface area contributed by atoms with Gasteiger partial charge in [0, 0.05) is 19.7 Å². The molecule has 0 aliphatic carbocycles. The van der Waals surface area contributed by atoms with Crippen LogP contribution in [-0.2, 0) is 4.74 Å². The Labute approximate surface area is 93.4 Å². The van der Waals surface area contributed by atoms with Crippen LogP contribution < -0.4 is 0 Å². The Balaban J connectivity index is 2.16. The van der Waals surface area contributed by atoms with Gasteiger partial charge in [-0.1, -0.05) is 13.3 Å². The summed E-state index contributed by atoms with van der Waals surface area (Å²) in [7, 11) is 2.19. The van der Waals surface area contributed by atoms with Crippen molar-refractivity contribution in [3.63, 3.8) is 0 Å². The van der Waals surface area contributed by atoms with Crippen molar-refractivity contribution in [3.8, 4) is 0 Å². The first-order chi connectivity index (χ1) is 6.76. The van der Waals surface area contributed by atoms with Crippen LogP contribution in [0.25, 0.3) is 0 Å². The van der Waals surface area contributed by atoms with Crippen molar-refractivity contribution in [1.82, 2.24) is 4.90 Å². The molecule has 0 N–H and O–H groups in total. The van der Waals surface area contributed by atoms with Crippen LogP contribution in [0.5, 0.6) is 0 Å². The molecule has 2 nitrogen and oxygen atoms in total. The van der Waals surface area contributed by atoms with Gasteiger partial charge < -0.3 is 9.64 Å². The quantitative estimate of drug-likeness (QED) is 0.684. The molecule has 0 aromatic carbocycles. The lowest BCUT2D eigenvalue weighted by Crippen LogP contribution is -2.33. The predicted molar refractivity (Wildman–Crippen MR) is 64.1 cm³/mol. The van der Waals surface area contributed by atoms with Gasteiger partial charge in [0.1, 0.15) is 0 Å². The fourth-order valence-corrected chi connectivity index (χ4v) is 2.34. The molecule has 1 rings (SSSR count). The van der Waals surface area contributed by atoms with Crippen molar-refractivity contribution in [2.45, 2.75) is 32.3 Å². The summed E-state index contributed by atoms with van der Waals surface area (Å²) in [6.45, 7) is 5.44.